The van der Waals surface area contributed by atoms with Gasteiger partial charge >= 0.3 is 21.2 Å². The summed E-state index contributed by atoms with van der Waals surface area (Å²) < 4.78 is 5.11. The smallest absolute Gasteiger partial charge is 0.446 e. The minimum absolute atomic E-state index is 0.418. The third-order valence-electron chi connectivity index (χ3n) is 6.28. The third kappa shape index (κ3) is 9.44. The van der Waals surface area contributed by atoms with E-state index in [1.54, 1.807) is 25.2 Å². The van der Waals surface area contributed by atoms with Gasteiger partial charge in [-0.05, 0) is 56.9 Å². The first-order chi connectivity index (χ1) is 17.4. The molecule has 2 heterocycles. The van der Waals surface area contributed by atoms with Crippen LogP contribution in [0.5, 0.6) is 0 Å². The molecule has 4 rings (SSSR count). The predicted molar refractivity (Wildman–Crippen MR) is 155 cm³/mol. The summed E-state index contributed by atoms with van der Waals surface area (Å²) in [7, 11) is -2.07. The Kier molecular flexibility index (Phi) is 12.1. The predicted octanol–water partition coefficient (Wildman–Crippen LogP) is 2.54. The lowest BCUT2D eigenvalue weighted by Gasteiger charge is -2.06. The molecule has 0 saturated heterocycles. The summed E-state index contributed by atoms with van der Waals surface area (Å²) >= 11 is 0. The number of hydrogen-bond donors (Lipinski definition) is 4. The molecule has 37 heavy (non-hydrogen) atoms. The molecule has 0 atom stereocenters. The molecule has 9 heteroatoms. The molecule has 196 valence electrons. The van der Waals surface area contributed by atoms with Crippen LogP contribution in [0, 0.1) is 0 Å². The van der Waals surface area contributed by atoms with Crippen LogP contribution in [0.4, 0.5) is 0 Å². The van der Waals surface area contributed by atoms with Gasteiger partial charge in [0, 0.05) is 11.9 Å². The zero-order valence-electron chi connectivity index (χ0n) is 23.1. The summed E-state index contributed by atoms with van der Waals surface area (Å²) in [6, 6.07) is 17.3. The fourth-order valence-electron chi connectivity index (χ4n) is 3.67. The van der Waals surface area contributed by atoms with E-state index >= 15 is 0 Å². The standard InChI is InChI=1S/C10H13BO2.C9H14BNO.C9H13BO2/c1-7(2)8-3-4-10-9(5-8)6-13-11(10)12;1-7(2)9-5-4-8(6-11-9)10(3)12;1-7(2)8-3-5-9(6-4-8)10(11)12/h3-5,7,12H,6H2,1-2H3;4-7,12H,1-3H3;3-7,11-12H,1-2H3. The van der Waals surface area contributed by atoms with Gasteiger partial charge in [0.1, 0.15) is 0 Å². The van der Waals surface area contributed by atoms with Crippen LogP contribution in [0.25, 0.3) is 0 Å². The first-order valence-electron chi connectivity index (χ1n) is 12.9. The van der Waals surface area contributed by atoms with Crippen LogP contribution in [0.1, 0.15) is 81.7 Å². The fourth-order valence-corrected chi connectivity index (χ4v) is 3.67. The van der Waals surface area contributed by atoms with Gasteiger partial charge in [-0.3, -0.25) is 4.98 Å². The summed E-state index contributed by atoms with van der Waals surface area (Å²) in [5.74, 6) is 1.46. The Hall–Kier alpha value is -2.42. The molecule has 0 amide bonds. The Morgan fingerprint density at radius 1 is 0.784 bits per heavy atom. The number of aromatic nitrogens is 1. The van der Waals surface area contributed by atoms with E-state index in [1.807, 2.05) is 30.3 Å². The molecule has 0 unspecified atom stereocenters. The van der Waals surface area contributed by atoms with E-state index < -0.39 is 21.2 Å². The first kappa shape index (κ1) is 30.8. The molecule has 1 aromatic heterocycles. The highest BCUT2D eigenvalue weighted by Gasteiger charge is 2.27. The van der Waals surface area contributed by atoms with Crippen molar-refractivity contribution >= 4 is 37.5 Å². The van der Waals surface area contributed by atoms with Gasteiger partial charge in [-0.1, -0.05) is 96.9 Å². The monoisotopic (exact) mass is 503 g/mol. The molecular weight excluding hydrogens is 463 g/mol. The summed E-state index contributed by atoms with van der Waals surface area (Å²) in [6.07, 6.45) is 1.74. The van der Waals surface area contributed by atoms with Gasteiger partial charge < -0.3 is 24.8 Å². The summed E-state index contributed by atoms with van der Waals surface area (Å²) in [6.45, 7) is 14.6. The van der Waals surface area contributed by atoms with Crippen LogP contribution in [0.15, 0.2) is 60.8 Å². The molecular formula is C28H40B3NO5. The van der Waals surface area contributed by atoms with E-state index in [-0.39, 0.29) is 0 Å². The molecule has 0 saturated carbocycles. The van der Waals surface area contributed by atoms with Crippen molar-refractivity contribution < 1.29 is 24.8 Å². The van der Waals surface area contributed by atoms with Crippen molar-refractivity contribution in [3.8, 4) is 0 Å². The lowest BCUT2D eigenvalue weighted by atomic mass is 9.65. The third-order valence-corrected chi connectivity index (χ3v) is 6.28. The molecule has 0 bridgehead atoms. The lowest BCUT2D eigenvalue weighted by molar-refractivity contribution is 0.275. The van der Waals surface area contributed by atoms with E-state index in [9.17, 15) is 10.0 Å². The van der Waals surface area contributed by atoms with Gasteiger partial charge in [-0.15, -0.1) is 0 Å². The topological polar surface area (TPSA) is 103 Å². The number of pyridine rings is 1. The van der Waals surface area contributed by atoms with Crippen LogP contribution < -0.4 is 16.4 Å². The van der Waals surface area contributed by atoms with Gasteiger partial charge in [0.05, 0.1) is 6.61 Å². The maximum Gasteiger partial charge on any atom is 0.491 e. The minimum atomic E-state index is -1.36. The Bertz CT molecular complexity index is 978. The van der Waals surface area contributed by atoms with E-state index in [1.165, 1.54) is 11.1 Å². The second-order valence-electron chi connectivity index (χ2n) is 10.3. The average molecular weight is 503 g/mol. The van der Waals surface area contributed by atoms with Crippen molar-refractivity contribution in [2.24, 2.45) is 0 Å². The minimum Gasteiger partial charge on any atom is -0.446 e. The van der Waals surface area contributed by atoms with Gasteiger partial charge in [0.15, 0.2) is 0 Å². The highest BCUT2D eigenvalue weighted by molar-refractivity contribution is 6.64. The molecule has 2 aromatic carbocycles. The zero-order valence-corrected chi connectivity index (χ0v) is 23.1. The Labute approximate surface area is 223 Å². The van der Waals surface area contributed by atoms with Gasteiger partial charge in [0.2, 0.25) is 0 Å². The van der Waals surface area contributed by atoms with Crippen LogP contribution in [-0.2, 0) is 11.3 Å². The normalized spacial score (nSPS) is 12.1. The molecule has 3 aromatic rings. The van der Waals surface area contributed by atoms with Gasteiger partial charge in [-0.2, -0.15) is 0 Å². The van der Waals surface area contributed by atoms with Crippen molar-refractivity contribution in [3.05, 3.63) is 83.2 Å². The van der Waals surface area contributed by atoms with E-state index in [0.29, 0.717) is 29.8 Å². The second-order valence-corrected chi connectivity index (χ2v) is 10.3. The van der Waals surface area contributed by atoms with Gasteiger partial charge in [0.25, 0.3) is 0 Å². The molecule has 4 N–H and O–H groups in total. The second kappa shape index (κ2) is 14.5. The number of hydrogen-bond acceptors (Lipinski definition) is 6. The Morgan fingerprint density at radius 2 is 1.35 bits per heavy atom. The Balaban J connectivity index is 0.000000195. The maximum absolute atomic E-state index is 9.39. The molecule has 6 nitrogen and oxygen atoms in total. The molecule has 0 spiro atoms. The van der Waals surface area contributed by atoms with Crippen molar-refractivity contribution in [2.75, 3.05) is 0 Å². The fraction of sp³-hybridized carbons (Fsp3) is 0.393. The van der Waals surface area contributed by atoms with Crippen molar-refractivity contribution in [1.29, 1.82) is 0 Å². The largest absolute Gasteiger partial charge is 0.491 e. The SMILES string of the molecule is CB(O)c1ccc(C(C)C)nc1.CC(C)c1ccc(B(O)O)cc1.CC(C)c1ccc2c(c1)COB2O. The van der Waals surface area contributed by atoms with Crippen molar-refractivity contribution in [3.63, 3.8) is 0 Å². The summed E-state index contributed by atoms with van der Waals surface area (Å²) in [4.78, 5) is 4.24. The molecule has 1 aliphatic rings. The molecule has 0 aliphatic carbocycles. The van der Waals surface area contributed by atoms with Crippen LogP contribution in [-0.4, -0.2) is 46.2 Å². The Morgan fingerprint density at radius 3 is 1.81 bits per heavy atom. The number of fused-ring (bicyclic) bond motifs is 1. The van der Waals surface area contributed by atoms with Gasteiger partial charge in [-0.25, -0.2) is 0 Å². The lowest BCUT2D eigenvalue weighted by Crippen LogP contribution is -2.29. The van der Waals surface area contributed by atoms with Crippen LogP contribution >= 0.6 is 0 Å². The maximum atomic E-state index is 9.39. The van der Waals surface area contributed by atoms with Crippen molar-refractivity contribution in [2.45, 2.75) is 72.7 Å². The summed E-state index contributed by atoms with van der Waals surface area (Å²) in [5.41, 5.74) is 7.04. The number of rotatable bonds is 5. The highest BCUT2D eigenvalue weighted by atomic mass is 16.5. The van der Waals surface area contributed by atoms with Crippen molar-refractivity contribution in [1.82, 2.24) is 4.98 Å². The molecule has 1 aliphatic heterocycles. The summed E-state index contributed by atoms with van der Waals surface area (Å²) in [5, 5.41) is 36.2. The van der Waals surface area contributed by atoms with Crippen LogP contribution in [0.2, 0.25) is 6.82 Å². The molecule has 0 radical (unpaired) electrons. The molecule has 0 fully saturated rings. The van der Waals surface area contributed by atoms with E-state index in [4.69, 9.17) is 14.7 Å². The number of nitrogens with zero attached hydrogens (tertiary/aromatic N) is 1. The first-order valence-corrected chi connectivity index (χ1v) is 12.9. The quantitative estimate of drug-likeness (QED) is 0.400. The van der Waals surface area contributed by atoms with E-state index in [0.717, 1.165) is 22.2 Å². The van der Waals surface area contributed by atoms with E-state index in [2.05, 4.69) is 58.7 Å². The number of benzene rings is 2. The average Bonchev–Trinajstić information content (AvgIpc) is 3.24. The highest BCUT2D eigenvalue weighted by Crippen LogP contribution is 2.18. The van der Waals surface area contributed by atoms with Crippen LogP contribution in [0.3, 0.4) is 0 Å². The zero-order chi connectivity index (χ0) is 27.7.